The van der Waals surface area contributed by atoms with Crippen molar-refractivity contribution in [2.24, 2.45) is 11.8 Å². The average Bonchev–Trinajstić information content (AvgIpc) is 3.10. The van der Waals surface area contributed by atoms with Crippen LogP contribution in [-0.2, 0) is 11.8 Å². The molecule has 5 nitrogen and oxygen atoms in total. The fourth-order valence-electron chi connectivity index (χ4n) is 6.34. The van der Waals surface area contributed by atoms with Gasteiger partial charge in [-0.25, -0.2) is 4.98 Å². The van der Waals surface area contributed by atoms with Crippen molar-refractivity contribution in [3.63, 3.8) is 0 Å². The number of carbonyl (C=O) groups is 1. The van der Waals surface area contributed by atoms with Gasteiger partial charge in [-0.05, 0) is 62.2 Å². The topological polar surface area (TPSA) is 70.7 Å². The van der Waals surface area contributed by atoms with E-state index in [2.05, 4.69) is 39.8 Å². The number of H-pyrrole nitrogens is 1. The second kappa shape index (κ2) is 6.36. The van der Waals surface area contributed by atoms with Crippen LogP contribution in [0.15, 0.2) is 30.3 Å². The second-order valence-corrected chi connectivity index (χ2v) is 9.69. The Labute approximate surface area is 164 Å². The van der Waals surface area contributed by atoms with Gasteiger partial charge >= 0.3 is 0 Å². The van der Waals surface area contributed by atoms with Crippen molar-refractivity contribution in [2.75, 3.05) is 6.26 Å². The Balaban J connectivity index is 1.42. The predicted molar refractivity (Wildman–Crippen MR) is 107 cm³/mol. The molecule has 1 heterocycles. The number of carbonyl (C=O) groups excluding carboxylic acids is 1. The molecule has 0 saturated heterocycles. The Bertz CT molecular complexity index is 835. The Kier molecular flexibility index (Phi) is 4.08. The highest BCUT2D eigenvalue weighted by molar-refractivity contribution is 8.12. The van der Waals surface area contributed by atoms with Gasteiger partial charge in [0.25, 0.3) is 5.24 Å². The van der Waals surface area contributed by atoms with Crippen LogP contribution in [0.25, 0.3) is 0 Å². The third-order valence-electron chi connectivity index (χ3n) is 6.83. The molecule has 2 atom stereocenters. The molecule has 4 bridgehead atoms. The summed E-state index contributed by atoms with van der Waals surface area (Å²) in [4.78, 5) is 17.1. The highest BCUT2D eigenvalue weighted by atomic mass is 32.2. The fourth-order valence-corrected chi connectivity index (χ4v) is 6.66. The highest BCUT2D eigenvalue weighted by Gasteiger charge is 2.60. The van der Waals surface area contributed by atoms with Gasteiger partial charge in [0.05, 0.1) is 0 Å². The third kappa shape index (κ3) is 3.08. The van der Waals surface area contributed by atoms with Crippen molar-refractivity contribution in [2.45, 2.75) is 55.9 Å². The second-order valence-electron chi connectivity index (χ2n) is 8.91. The molecular weight excluding hydrogens is 356 g/mol. The Morgan fingerprint density at radius 2 is 1.96 bits per heavy atom. The van der Waals surface area contributed by atoms with Gasteiger partial charge in [0.15, 0.2) is 5.82 Å². The molecule has 0 aliphatic heterocycles. The Morgan fingerprint density at radius 1 is 1.22 bits per heavy atom. The highest BCUT2D eigenvalue weighted by Crippen LogP contribution is 2.61. The van der Waals surface area contributed by atoms with Crippen molar-refractivity contribution in [3.8, 4) is 0 Å². The van der Waals surface area contributed by atoms with E-state index in [-0.39, 0.29) is 16.2 Å². The van der Waals surface area contributed by atoms with E-state index in [1.165, 1.54) is 36.6 Å². The molecule has 0 radical (unpaired) electrons. The molecule has 1 aromatic heterocycles. The third-order valence-corrected chi connectivity index (χ3v) is 7.31. The monoisotopic (exact) mass is 382 g/mol. The first-order chi connectivity index (χ1) is 13.1. The maximum atomic E-state index is 12.2. The molecule has 4 aliphatic rings. The zero-order chi connectivity index (χ0) is 18.5. The van der Waals surface area contributed by atoms with E-state index in [4.69, 9.17) is 4.98 Å². The standard InChI is InChI=1S/C21H26N4OS/c1-27-19(26)23-21-11-15-7-16(12-21)10-20(9-15,13-21)18-22-17(24-25-18)8-14-5-3-2-4-6-14/h2-6,15-16H,7-13H2,1H3,(H,23,26)(H,22,24,25)/t15-,16-,20?,21?/m0/s1. The lowest BCUT2D eigenvalue weighted by Crippen LogP contribution is -2.64. The largest absolute Gasteiger partial charge is 0.341 e. The number of benzene rings is 1. The quantitative estimate of drug-likeness (QED) is 0.837. The van der Waals surface area contributed by atoms with Crippen LogP contribution in [0.1, 0.15) is 55.7 Å². The maximum absolute atomic E-state index is 12.2. The number of amides is 1. The van der Waals surface area contributed by atoms with Crippen molar-refractivity contribution in [1.29, 1.82) is 0 Å². The van der Waals surface area contributed by atoms with Crippen LogP contribution in [0.5, 0.6) is 0 Å². The first-order valence-corrected chi connectivity index (χ1v) is 11.1. The van der Waals surface area contributed by atoms with Gasteiger partial charge in [0.1, 0.15) is 5.82 Å². The molecule has 6 heteroatoms. The van der Waals surface area contributed by atoms with Crippen molar-refractivity contribution >= 4 is 17.0 Å². The first-order valence-electron chi connectivity index (χ1n) is 9.90. The van der Waals surface area contributed by atoms with Gasteiger partial charge in [-0.2, -0.15) is 5.10 Å². The number of hydrogen-bond donors (Lipinski definition) is 2. The Morgan fingerprint density at radius 3 is 2.67 bits per heavy atom. The molecule has 1 amide bonds. The van der Waals surface area contributed by atoms with E-state index in [9.17, 15) is 4.79 Å². The van der Waals surface area contributed by atoms with Gasteiger partial charge < -0.3 is 5.32 Å². The number of thioether (sulfide) groups is 1. The number of aromatic amines is 1. The smallest absolute Gasteiger partial charge is 0.279 e. The SMILES string of the molecule is CSC(=O)NC12C[C@H]3C[C@H](C1)CC(c1n[nH]c(Cc4ccccc4)n1)(C3)C2. The van der Waals surface area contributed by atoms with Crippen molar-refractivity contribution in [3.05, 3.63) is 47.5 Å². The van der Waals surface area contributed by atoms with Gasteiger partial charge in [-0.15, -0.1) is 0 Å². The lowest BCUT2D eigenvalue weighted by molar-refractivity contribution is -0.0371. The summed E-state index contributed by atoms with van der Waals surface area (Å²) in [5.41, 5.74) is 1.22. The van der Waals surface area contributed by atoms with E-state index in [0.717, 1.165) is 37.3 Å². The molecule has 6 rings (SSSR count). The number of nitrogens with zero attached hydrogens (tertiary/aromatic N) is 2. The molecule has 27 heavy (non-hydrogen) atoms. The normalized spacial score (nSPS) is 34.0. The molecule has 4 fully saturated rings. The number of aromatic nitrogens is 3. The Hall–Kier alpha value is -1.82. The number of rotatable bonds is 4. The molecular formula is C21H26N4OS. The van der Waals surface area contributed by atoms with E-state index in [1.807, 2.05) is 12.3 Å². The van der Waals surface area contributed by atoms with Gasteiger partial charge in [0.2, 0.25) is 0 Å². The van der Waals surface area contributed by atoms with Crippen LogP contribution < -0.4 is 5.32 Å². The molecule has 0 spiro atoms. The van der Waals surface area contributed by atoms with Crippen LogP contribution in [0.3, 0.4) is 0 Å². The van der Waals surface area contributed by atoms with Crippen molar-refractivity contribution in [1.82, 2.24) is 20.5 Å². The van der Waals surface area contributed by atoms with Gasteiger partial charge in [-0.3, -0.25) is 9.89 Å². The molecule has 4 saturated carbocycles. The summed E-state index contributed by atoms with van der Waals surface area (Å²) in [6.45, 7) is 0. The molecule has 1 aromatic carbocycles. The minimum absolute atomic E-state index is 0.0290. The molecule has 142 valence electrons. The molecule has 2 N–H and O–H groups in total. The van der Waals surface area contributed by atoms with Crippen LogP contribution in [0.2, 0.25) is 0 Å². The van der Waals surface area contributed by atoms with Crippen LogP contribution in [0.4, 0.5) is 4.79 Å². The summed E-state index contributed by atoms with van der Waals surface area (Å²) in [5.74, 6) is 3.29. The summed E-state index contributed by atoms with van der Waals surface area (Å²) >= 11 is 1.29. The minimum Gasteiger partial charge on any atom is -0.341 e. The van der Waals surface area contributed by atoms with Crippen LogP contribution in [-0.4, -0.2) is 32.2 Å². The maximum Gasteiger partial charge on any atom is 0.279 e. The zero-order valence-corrected chi connectivity index (χ0v) is 16.5. The number of nitrogens with one attached hydrogen (secondary N) is 2. The molecule has 4 aliphatic carbocycles. The minimum atomic E-state index is -0.0512. The molecule has 2 aromatic rings. The average molecular weight is 383 g/mol. The van der Waals surface area contributed by atoms with E-state index >= 15 is 0 Å². The first kappa shape index (κ1) is 17.3. The molecule has 0 unspecified atom stereocenters. The summed E-state index contributed by atoms with van der Waals surface area (Å²) < 4.78 is 0. The predicted octanol–water partition coefficient (Wildman–Crippen LogP) is 4.06. The van der Waals surface area contributed by atoms with E-state index in [0.29, 0.717) is 11.8 Å². The van der Waals surface area contributed by atoms with Gasteiger partial charge in [0, 0.05) is 17.4 Å². The summed E-state index contributed by atoms with van der Waals surface area (Å²) in [5, 5.41) is 11.3. The zero-order valence-electron chi connectivity index (χ0n) is 15.7. The van der Waals surface area contributed by atoms with Gasteiger partial charge in [-0.1, -0.05) is 42.1 Å². The fraction of sp³-hybridized carbons (Fsp3) is 0.571. The lowest BCUT2D eigenvalue weighted by Gasteiger charge is -2.61. The summed E-state index contributed by atoms with van der Waals surface area (Å²) in [6, 6.07) is 10.4. The van der Waals surface area contributed by atoms with E-state index < -0.39 is 0 Å². The van der Waals surface area contributed by atoms with E-state index in [1.54, 1.807) is 0 Å². The van der Waals surface area contributed by atoms with Crippen molar-refractivity contribution < 1.29 is 4.79 Å². The van der Waals surface area contributed by atoms with Crippen LogP contribution >= 0.6 is 11.8 Å². The summed E-state index contributed by atoms with van der Waals surface area (Å²) in [7, 11) is 0. The number of hydrogen-bond acceptors (Lipinski definition) is 4. The van der Waals surface area contributed by atoms with Crippen LogP contribution in [0, 0.1) is 11.8 Å². The lowest BCUT2D eigenvalue weighted by atomic mass is 9.46. The summed E-state index contributed by atoms with van der Waals surface area (Å²) in [6.07, 6.45) is 9.52.